The van der Waals surface area contributed by atoms with Crippen LogP contribution in [-0.4, -0.2) is 57.3 Å². The summed E-state index contributed by atoms with van der Waals surface area (Å²) in [7, 11) is 1.66. The van der Waals surface area contributed by atoms with Crippen LogP contribution in [0.4, 0.5) is 0 Å². The van der Waals surface area contributed by atoms with Gasteiger partial charge in [-0.3, -0.25) is 15.1 Å². The fraction of sp³-hybridized carbons (Fsp3) is 0.571. The molecule has 1 unspecified atom stereocenters. The highest BCUT2D eigenvalue weighted by Gasteiger charge is 2.38. The first-order valence-corrected chi connectivity index (χ1v) is 10.2. The van der Waals surface area contributed by atoms with Crippen molar-refractivity contribution < 1.29 is 9.53 Å². The summed E-state index contributed by atoms with van der Waals surface area (Å²) in [5.74, 6) is 0.500. The van der Waals surface area contributed by atoms with Gasteiger partial charge in [-0.25, -0.2) is 0 Å². The van der Waals surface area contributed by atoms with E-state index in [0.29, 0.717) is 32.3 Å². The van der Waals surface area contributed by atoms with Gasteiger partial charge in [0.1, 0.15) is 6.04 Å². The predicted octanol–water partition coefficient (Wildman–Crippen LogP) is 0.618. The Kier molecular flexibility index (Phi) is 7.44. The Labute approximate surface area is 172 Å². The van der Waals surface area contributed by atoms with Crippen LogP contribution in [-0.2, 0) is 14.9 Å². The molecule has 1 aliphatic carbocycles. The maximum Gasteiger partial charge on any atom is 0.239 e. The van der Waals surface area contributed by atoms with Crippen molar-refractivity contribution >= 4 is 11.9 Å². The molecule has 4 N–H and O–H groups in total. The van der Waals surface area contributed by atoms with Gasteiger partial charge in [0.25, 0.3) is 0 Å². The molecule has 0 aromatic heterocycles. The SMILES string of the molecule is CN=C(NC#N)NC1CCC(CNC(=O)C2COCCN2)(c2ccccc2)CC1. The highest BCUT2D eigenvalue weighted by atomic mass is 16.5. The number of nitriles is 1. The van der Waals surface area contributed by atoms with Gasteiger partial charge in [0, 0.05) is 31.6 Å². The van der Waals surface area contributed by atoms with Gasteiger partial charge in [-0.2, -0.15) is 5.26 Å². The molecule has 1 heterocycles. The van der Waals surface area contributed by atoms with Gasteiger partial charge in [0.2, 0.25) is 11.9 Å². The number of benzene rings is 1. The molecule has 1 atom stereocenters. The first-order valence-electron chi connectivity index (χ1n) is 10.2. The van der Waals surface area contributed by atoms with E-state index < -0.39 is 0 Å². The summed E-state index contributed by atoms with van der Waals surface area (Å²) < 4.78 is 5.41. The van der Waals surface area contributed by atoms with E-state index in [1.807, 2.05) is 12.3 Å². The molecule has 8 nitrogen and oxygen atoms in total. The van der Waals surface area contributed by atoms with E-state index in [1.54, 1.807) is 7.05 Å². The smallest absolute Gasteiger partial charge is 0.239 e. The number of ether oxygens (including phenoxy) is 1. The van der Waals surface area contributed by atoms with Crippen LogP contribution < -0.4 is 21.3 Å². The number of guanidine groups is 1. The third kappa shape index (κ3) is 5.46. The second-order valence-corrected chi connectivity index (χ2v) is 7.67. The van der Waals surface area contributed by atoms with Gasteiger partial charge in [-0.15, -0.1) is 0 Å². The highest BCUT2D eigenvalue weighted by Crippen LogP contribution is 2.39. The zero-order valence-corrected chi connectivity index (χ0v) is 16.9. The van der Waals surface area contributed by atoms with Crippen molar-refractivity contribution in [1.29, 1.82) is 5.26 Å². The van der Waals surface area contributed by atoms with Gasteiger partial charge in [0.05, 0.1) is 13.2 Å². The van der Waals surface area contributed by atoms with Gasteiger partial charge >= 0.3 is 0 Å². The molecular weight excluding hydrogens is 368 g/mol. The molecule has 156 valence electrons. The van der Waals surface area contributed by atoms with Crippen molar-refractivity contribution in [1.82, 2.24) is 21.3 Å². The van der Waals surface area contributed by atoms with Crippen molar-refractivity contribution in [3.05, 3.63) is 35.9 Å². The van der Waals surface area contributed by atoms with Crippen LogP contribution in [0.1, 0.15) is 31.2 Å². The van der Waals surface area contributed by atoms with Crippen molar-refractivity contribution in [3.8, 4) is 6.19 Å². The Hall–Kier alpha value is -2.63. The Bertz CT molecular complexity index is 731. The summed E-state index contributed by atoms with van der Waals surface area (Å²) in [6, 6.07) is 10.4. The van der Waals surface area contributed by atoms with Crippen LogP contribution in [0.25, 0.3) is 0 Å². The average Bonchev–Trinajstić information content (AvgIpc) is 2.79. The molecular formula is C21H30N6O2. The van der Waals surface area contributed by atoms with E-state index >= 15 is 0 Å². The normalized spacial score (nSPS) is 27.5. The maximum atomic E-state index is 12.6. The number of aliphatic imine (C=N–C) groups is 1. The quantitative estimate of drug-likeness (QED) is 0.250. The van der Waals surface area contributed by atoms with Crippen LogP contribution in [0.2, 0.25) is 0 Å². The first kappa shape index (κ1) is 21.1. The van der Waals surface area contributed by atoms with Gasteiger partial charge in [-0.05, 0) is 31.2 Å². The van der Waals surface area contributed by atoms with Crippen LogP contribution >= 0.6 is 0 Å². The standard InChI is InChI=1S/C21H30N6O2/c1-23-20(26-15-22)27-17-7-9-21(10-8-17,16-5-3-2-4-6-16)14-25-19(28)18-13-29-12-11-24-18/h2-6,17-18,24H,7-14H2,1H3,(H,25,28)(H2,23,26,27). The number of hydrogen-bond acceptors (Lipinski definition) is 5. The summed E-state index contributed by atoms with van der Waals surface area (Å²) in [5.41, 5.74) is 1.16. The second kappa shape index (κ2) is 10.2. The Morgan fingerprint density at radius 2 is 2.10 bits per heavy atom. The van der Waals surface area contributed by atoms with E-state index in [0.717, 1.165) is 25.7 Å². The van der Waals surface area contributed by atoms with Crippen LogP contribution in [0.5, 0.6) is 0 Å². The van der Waals surface area contributed by atoms with Crippen molar-refractivity contribution in [3.63, 3.8) is 0 Å². The summed E-state index contributed by atoms with van der Waals surface area (Å²) in [5, 5.41) is 21.1. The van der Waals surface area contributed by atoms with Crippen LogP contribution in [0.15, 0.2) is 35.3 Å². The number of nitrogens with zero attached hydrogens (tertiary/aromatic N) is 2. The molecule has 1 aromatic carbocycles. The molecule has 1 aromatic rings. The Balaban J connectivity index is 1.65. The van der Waals surface area contributed by atoms with Crippen molar-refractivity contribution in [2.24, 2.45) is 4.99 Å². The number of nitrogens with one attached hydrogen (secondary N) is 4. The van der Waals surface area contributed by atoms with E-state index in [2.05, 4.69) is 50.5 Å². The zero-order valence-electron chi connectivity index (χ0n) is 16.9. The minimum absolute atomic E-state index is 0.00104. The molecule has 8 heteroatoms. The first-order chi connectivity index (χ1) is 14.2. The molecule has 1 aliphatic heterocycles. The lowest BCUT2D eigenvalue weighted by Gasteiger charge is -2.41. The van der Waals surface area contributed by atoms with E-state index in [-0.39, 0.29) is 23.4 Å². The van der Waals surface area contributed by atoms with Crippen molar-refractivity contribution in [2.75, 3.05) is 33.4 Å². The molecule has 2 aliphatic rings. The zero-order chi connectivity index (χ0) is 20.5. The topological polar surface area (TPSA) is 111 Å². The molecule has 1 saturated heterocycles. The lowest BCUT2D eigenvalue weighted by molar-refractivity contribution is -0.126. The van der Waals surface area contributed by atoms with E-state index in [9.17, 15) is 4.79 Å². The number of carbonyl (C=O) groups is 1. The van der Waals surface area contributed by atoms with Crippen LogP contribution in [0.3, 0.4) is 0 Å². The van der Waals surface area contributed by atoms with E-state index in [1.165, 1.54) is 5.56 Å². The summed E-state index contributed by atoms with van der Waals surface area (Å²) in [6.07, 6.45) is 5.65. The molecule has 0 radical (unpaired) electrons. The summed E-state index contributed by atoms with van der Waals surface area (Å²) in [4.78, 5) is 16.7. The molecule has 2 fully saturated rings. The molecule has 1 amide bonds. The maximum absolute atomic E-state index is 12.6. The van der Waals surface area contributed by atoms with E-state index in [4.69, 9.17) is 10.00 Å². The molecule has 3 rings (SSSR count). The van der Waals surface area contributed by atoms with Gasteiger partial charge in [-0.1, -0.05) is 30.3 Å². The summed E-state index contributed by atoms with van der Waals surface area (Å²) in [6.45, 7) is 2.37. The Morgan fingerprint density at radius 3 is 2.72 bits per heavy atom. The monoisotopic (exact) mass is 398 g/mol. The minimum Gasteiger partial charge on any atom is -0.378 e. The number of amides is 1. The number of hydrogen-bond donors (Lipinski definition) is 4. The third-order valence-electron chi connectivity index (χ3n) is 5.91. The predicted molar refractivity (Wildman–Crippen MR) is 111 cm³/mol. The fourth-order valence-electron chi connectivity index (χ4n) is 4.19. The second-order valence-electron chi connectivity index (χ2n) is 7.67. The summed E-state index contributed by atoms with van der Waals surface area (Å²) >= 11 is 0. The third-order valence-corrected chi connectivity index (χ3v) is 5.91. The molecule has 1 saturated carbocycles. The number of morpholine rings is 1. The minimum atomic E-state index is -0.282. The number of carbonyl (C=O) groups excluding carboxylic acids is 1. The Morgan fingerprint density at radius 1 is 1.34 bits per heavy atom. The fourth-order valence-corrected chi connectivity index (χ4v) is 4.19. The van der Waals surface area contributed by atoms with Crippen molar-refractivity contribution in [2.45, 2.75) is 43.2 Å². The average molecular weight is 399 g/mol. The largest absolute Gasteiger partial charge is 0.378 e. The lowest BCUT2D eigenvalue weighted by atomic mass is 9.68. The highest BCUT2D eigenvalue weighted by molar-refractivity contribution is 5.82. The molecule has 0 bridgehead atoms. The van der Waals surface area contributed by atoms with Crippen LogP contribution in [0, 0.1) is 11.5 Å². The van der Waals surface area contributed by atoms with Gasteiger partial charge < -0.3 is 20.7 Å². The molecule has 0 spiro atoms. The lowest BCUT2D eigenvalue weighted by Crippen LogP contribution is -2.54. The van der Waals surface area contributed by atoms with Gasteiger partial charge in [0.15, 0.2) is 6.19 Å². The molecule has 29 heavy (non-hydrogen) atoms. The number of rotatable bonds is 5.